The molecule has 1 aliphatic heterocycles. The van der Waals surface area contributed by atoms with E-state index < -0.39 is 0 Å². The molecule has 1 atom stereocenters. The molecular formula is C17H38IN5. The number of hydrogen-bond acceptors (Lipinski definition) is 3. The SMILES string of the molecule is CCCCN(C)C(=NCC(C)N1CCN(CC)CC1)NCC.I. The molecule has 0 bridgehead atoms. The standard InChI is InChI=1S/C17H37N5.HI/c1-6-9-10-20(5)17(18-7-2)19-15-16(4)22-13-11-21(8-3)12-14-22;/h16H,6-15H2,1-5H3,(H,18,19);1H. The molecule has 0 saturated carbocycles. The quantitative estimate of drug-likeness (QED) is 0.358. The monoisotopic (exact) mass is 439 g/mol. The second kappa shape index (κ2) is 13.2. The molecule has 1 unspecified atom stereocenters. The van der Waals surface area contributed by atoms with Crippen LogP contribution in [0.5, 0.6) is 0 Å². The summed E-state index contributed by atoms with van der Waals surface area (Å²) in [6.07, 6.45) is 2.44. The van der Waals surface area contributed by atoms with E-state index in [0.29, 0.717) is 6.04 Å². The minimum atomic E-state index is 0. The number of nitrogens with one attached hydrogen (secondary N) is 1. The summed E-state index contributed by atoms with van der Waals surface area (Å²) >= 11 is 0. The normalized spacial score (nSPS) is 18.4. The number of piperazine rings is 1. The van der Waals surface area contributed by atoms with E-state index in [-0.39, 0.29) is 24.0 Å². The molecule has 1 fully saturated rings. The van der Waals surface area contributed by atoms with E-state index >= 15 is 0 Å². The Kier molecular flexibility index (Phi) is 13.2. The van der Waals surface area contributed by atoms with Gasteiger partial charge in [-0.25, -0.2) is 0 Å². The van der Waals surface area contributed by atoms with E-state index in [4.69, 9.17) is 4.99 Å². The number of halogens is 1. The summed E-state index contributed by atoms with van der Waals surface area (Å²) in [5.41, 5.74) is 0. The average Bonchev–Trinajstić information content (AvgIpc) is 2.56. The Bertz CT molecular complexity index is 316. The van der Waals surface area contributed by atoms with Crippen LogP contribution in [-0.4, -0.2) is 86.1 Å². The molecule has 0 aromatic carbocycles. The molecule has 5 nitrogen and oxygen atoms in total. The molecule has 1 N–H and O–H groups in total. The fraction of sp³-hybridized carbons (Fsp3) is 0.941. The van der Waals surface area contributed by atoms with Gasteiger partial charge in [-0.15, -0.1) is 24.0 Å². The highest BCUT2D eigenvalue weighted by Crippen LogP contribution is 2.06. The van der Waals surface area contributed by atoms with Crippen molar-refractivity contribution < 1.29 is 0 Å². The summed E-state index contributed by atoms with van der Waals surface area (Å²) in [6, 6.07) is 0.521. The molecule has 1 heterocycles. The first-order chi connectivity index (χ1) is 10.6. The minimum Gasteiger partial charge on any atom is -0.357 e. The van der Waals surface area contributed by atoms with Crippen molar-refractivity contribution in [3.63, 3.8) is 0 Å². The molecule has 1 aliphatic rings. The van der Waals surface area contributed by atoms with Gasteiger partial charge < -0.3 is 15.1 Å². The molecule has 23 heavy (non-hydrogen) atoms. The van der Waals surface area contributed by atoms with Crippen molar-refractivity contribution in [2.24, 2.45) is 4.99 Å². The predicted octanol–water partition coefficient (Wildman–Crippen LogP) is 2.33. The van der Waals surface area contributed by atoms with Gasteiger partial charge >= 0.3 is 0 Å². The predicted molar refractivity (Wildman–Crippen MR) is 112 cm³/mol. The van der Waals surface area contributed by atoms with Gasteiger partial charge in [0.25, 0.3) is 0 Å². The Morgan fingerprint density at radius 3 is 2.35 bits per heavy atom. The Labute approximate surface area is 160 Å². The van der Waals surface area contributed by atoms with Crippen LogP contribution in [0.2, 0.25) is 0 Å². The van der Waals surface area contributed by atoms with Gasteiger partial charge in [0, 0.05) is 52.4 Å². The molecule has 0 aromatic rings. The number of unbranched alkanes of at least 4 members (excludes halogenated alkanes) is 1. The molecule has 0 aromatic heterocycles. The summed E-state index contributed by atoms with van der Waals surface area (Å²) in [4.78, 5) is 12.2. The number of likely N-dealkylation sites (N-methyl/N-ethyl adjacent to an activating group) is 1. The Morgan fingerprint density at radius 1 is 1.17 bits per heavy atom. The maximum atomic E-state index is 4.86. The summed E-state index contributed by atoms with van der Waals surface area (Å²) in [5.74, 6) is 1.05. The molecule has 0 aliphatic carbocycles. The Morgan fingerprint density at radius 2 is 1.83 bits per heavy atom. The van der Waals surface area contributed by atoms with Crippen molar-refractivity contribution in [1.82, 2.24) is 20.0 Å². The van der Waals surface area contributed by atoms with Crippen LogP contribution in [0, 0.1) is 0 Å². The summed E-state index contributed by atoms with van der Waals surface area (Å²) < 4.78 is 0. The number of hydrogen-bond donors (Lipinski definition) is 1. The fourth-order valence-electron chi connectivity index (χ4n) is 2.83. The van der Waals surface area contributed by atoms with Crippen LogP contribution in [0.4, 0.5) is 0 Å². The molecular weight excluding hydrogens is 401 g/mol. The van der Waals surface area contributed by atoms with Gasteiger partial charge in [-0.05, 0) is 26.8 Å². The second-order valence-corrected chi connectivity index (χ2v) is 6.29. The van der Waals surface area contributed by atoms with Crippen LogP contribution in [0.3, 0.4) is 0 Å². The maximum Gasteiger partial charge on any atom is 0.193 e. The van der Waals surface area contributed by atoms with Crippen LogP contribution in [0.25, 0.3) is 0 Å². The second-order valence-electron chi connectivity index (χ2n) is 6.29. The molecule has 0 spiro atoms. The number of aliphatic imine (C=N–C) groups is 1. The Hall–Kier alpha value is -0.0800. The number of guanidine groups is 1. The van der Waals surface area contributed by atoms with Gasteiger partial charge in [0.1, 0.15) is 0 Å². The van der Waals surface area contributed by atoms with Crippen LogP contribution in [-0.2, 0) is 0 Å². The molecule has 6 heteroatoms. The van der Waals surface area contributed by atoms with E-state index in [2.05, 4.69) is 54.8 Å². The first-order valence-corrected chi connectivity index (χ1v) is 9.08. The van der Waals surface area contributed by atoms with Crippen molar-refractivity contribution in [3.8, 4) is 0 Å². The van der Waals surface area contributed by atoms with Crippen molar-refractivity contribution in [3.05, 3.63) is 0 Å². The largest absolute Gasteiger partial charge is 0.357 e. The lowest BCUT2D eigenvalue weighted by atomic mass is 10.2. The van der Waals surface area contributed by atoms with Gasteiger partial charge in [-0.3, -0.25) is 9.89 Å². The average molecular weight is 439 g/mol. The molecule has 138 valence electrons. The van der Waals surface area contributed by atoms with Crippen LogP contribution < -0.4 is 5.32 Å². The first-order valence-electron chi connectivity index (χ1n) is 9.08. The van der Waals surface area contributed by atoms with Crippen molar-refractivity contribution in [1.29, 1.82) is 0 Å². The first kappa shape index (κ1) is 22.9. The highest BCUT2D eigenvalue weighted by atomic mass is 127. The third-order valence-electron chi connectivity index (χ3n) is 4.53. The smallest absolute Gasteiger partial charge is 0.193 e. The number of rotatable bonds is 8. The summed E-state index contributed by atoms with van der Waals surface area (Å²) in [5, 5.41) is 3.41. The lowest BCUT2D eigenvalue weighted by Gasteiger charge is -2.37. The van der Waals surface area contributed by atoms with E-state index in [1.165, 1.54) is 45.6 Å². The highest BCUT2D eigenvalue weighted by molar-refractivity contribution is 14.0. The summed E-state index contributed by atoms with van der Waals surface area (Å²) in [7, 11) is 2.14. The van der Waals surface area contributed by atoms with Crippen LogP contribution in [0.1, 0.15) is 40.5 Å². The van der Waals surface area contributed by atoms with E-state index in [1.54, 1.807) is 0 Å². The van der Waals surface area contributed by atoms with Crippen molar-refractivity contribution >= 4 is 29.9 Å². The molecule has 0 amide bonds. The van der Waals surface area contributed by atoms with Crippen LogP contribution >= 0.6 is 24.0 Å². The lowest BCUT2D eigenvalue weighted by Crippen LogP contribution is -2.50. The third kappa shape index (κ3) is 8.54. The van der Waals surface area contributed by atoms with Gasteiger partial charge in [-0.1, -0.05) is 20.3 Å². The molecule has 1 rings (SSSR count). The van der Waals surface area contributed by atoms with E-state index in [9.17, 15) is 0 Å². The zero-order valence-corrected chi connectivity index (χ0v) is 18.2. The lowest BCUT2D eigenvalue weighted by molar-refractivity contribution is 0.109. The topological polar surface area (TPSA) is 34.1 Å². The van der Waals surface area contributed by atoms with Crippen molar-refractivity contribution in [2.45, 2.75) is 46.6 Å². The van der Waals surface area contributed by atoms with Crippen molar-refractivity contribution in [2.75, 3.05) is 59.4 Å². The third-order valence-corrected chi connectivity index (χ3v) is 4.53. The summed E-state index contributed by atoms with van der Waals surface area (Å²) in [6.45, 7) is 17.7. The van der Waals surface area contributed by atoms with Gasteiger partial charge in [0.2, 0.25) is 0 Å². The Balaban J connectivity index is 0.00000484. The fourth-order valence-corrected chi connectivity index (χ4v) is 2.83. The highest BCUT2D eigenvalue weighted by Gasteiger charge is 2.20. The van der Waals surface area contributed by atoms with Gasteiger partial charge in [-0.2, -0.15) is 0 Å². The van der Waals surface area contributed by atoms with Crippen LogP contribution in [0.15, 0.2) is 4.99 Å². The van der Waals surface area contributed by atoms with E-state index in [1.807, 2.05) is 0 Å². The molecule has 1 saturated heterocycles. The maximum absolute atomic E-state index is 4.86. The molecule has 0 radical (unpaired) electrons. The number of nitrogens with zero attached hydrogens (tertiary/aromatic N) is 4. The zero-order chi connectivity index (χ0) is 16.4. The zero-order valence-electron chi connectivity index (χ0n) is 15.8. The minimum absolute atomic E-state index is 0. The van der Waals surface area contributed by atoms with E-state index in [0.717, 1.165) is 25.6 Å². The van der Waals surface area contributed by atoms with Gasteiger partial charge in [0.05, 0.1) is 6.54 Å². The van der Waals surface area contributed by atoms with Gasteiger partial charge in [0.15, 0.2) is 5.96 Å².